The highest BCUT2D eigenvalue weighted by Gasteiger charge is 2.31. The third-order valence-electron chi connectivity index (χ3n) is 3.24. The number of nitrogens with two attached hydrogens (primary N) is 1. The first kappa shape index (κ1) is 12.0. The molecule has 0 aliphatic heterocycles. The first-order chi connectivity index (χ1) is 6.84. The van der Waals surface area contributed by atoms with Gasteiger partial charge >= 0.3 is 0 Å². The Morgan fingerprint density at radius 1 is 1.14 bits per heavy atom. The summed E-state index contributed by atoms with van der Waals surface area (Å²) in [4.78, 5) is 0. The molecule has 0 aromatic rings. The average Bonchev–Trinajstić information content (AvgIpc) is 2.87. The van der Waals surface area contributed by atoms with E-state index in [-0.39, 0.29) is 0 Å². The minimum absolute atomic E-state index is 0.859. The van der Waals surface area contributed by atoms with E-state index in [0.29, 0.717) is 0 Å². The van der Waals surface area contributed by atoms with Gasteiger partial charge in [0.15, 0.2) is 0 Å². The molecule has 0 heterocycles. The minimum atomic E-state index is 0.859. The van der Waals surface area contributed by atoms with Gasteiger partial charge in [0.25, 0.3) is 0 Å². The summed E-state index contributed by atoms with van der Waals surface area (Å²) in [6, 6.07) is 0. The zero-order valence-corrected chi connectivity index (χ0v) is 9.60. The van der Waals surface area contributed by atoms with Gasteiger partial charge in [0, 0.05) is 0 Å². The highest BCUT2D eigenvalue weighted by Crippen LogP contribution is 2.36. The summed E-state index contributed by atoms with van der Waals surface area (Å²) in [5, 5.41) is 3.54. The van der Waals surface area contributed by atoms with Gasteiger partial charge in [0.2, 0.25) is 0 Å². The Labute approximate surface area is 88.6 Å². The number of nitrogens with one attached hydrogen (secondary N) is 1. The molecule has 1 saturated carbocycles. The Morgan fingerprint density at radius 3 is 2.43 bits per heavy atom. The third-order valence-corrected chi connectivity index (χ3v) is 3.24. The smallest absolute Gasteiger partial charge is 0.00179 e. The average molecular weight is 198 g/mol. The van der Waals surface area contributed by atoms with Gasteiger partial charge in [-0.2, -0.15) is 0 Å². The Bertz CT molecular complexity index is 136. The Hall–Kier alpha value is -0.0800. The van der Waals surface area contributed by atoms with E-state index in [1.807, 2.05) is 0 Å². The standard InChI is InChI=1S/C12H26N2/c1-11-9-12(11)10-14-8-6-4-2-3-5-7-13/h11-12,14H,2-10,13H2,1H3. The molecule has 1 aliphatic rings. The molecule has 0 amide bonds. The molecule has 0 aromatic heterocycles. The second-order valence-corrected chi connectivity index (χ2v) is 4.73. The molecule has 0 bridgehead atoms. The van der Waals surface area contributed by atoms with Gasteiger partial charge in [-0.3, -0.25) is 0 Å². The lowest BCUT2D eigenvalue weighted by Gasteiger charge is -2.03. The van der Waals surface area contributed by atoms with Crippen LogP contribution in [0, 0.1) is 11.8 Å². The van der Waals surface area contributed by atoms with Gasteiger partial charge in [-0.05, 0) is 50.7 Å². The van der Waals surface area contributed by atoms with Crippen molar-refractivity contribution in [2.75, 3.05) is 19.6 Å². The van der Waals surface area contributed by atoms with E-state index in [9.17, 15) is 0 Å². The van der Waals surface area contributed by atoms with Crippen molar-refractivity contribution in [2.24, 2.45) is 17.6 Å². The van der Waals surface area contributed by atoms with E-state index < -0.39 is 0 Å². The molecular formula is C12H26N2. The van der Waals surface area contributed by atoms with Gasteiger partial charge < -0.3 is 11.1 Å². The van der Waals surface area contributed by atoms with Gasteiger partial charge in [-0.15, -0.1) is 0 Å². The highest BCUT2D eigenvalue weighted by molar-refractivity contribution is 4.83. The van der Waals surface area contributed by atoms with Gasteiger partial charge in [-0.1, -0.05) is 26.2 Å². The topological polar surface area (TPSA) is 38.0 Å². The number of hydrogen-bond donors (Lipinski definition) is 2. The Morgan fingerprint density at radius 2 is 1.79 bits per heavy atom. The van der Waals surface area contributed by atoms with Crippen LogP contribution in [0.15, 0.2) is 0 Å². The maximum Gasteiger partial charge on any atom is -0.00179 e. The van der Waals surface area contributed by atoms with E-state index in [1.54, 1.807) is 0 Å². The number of unbranched alkanes of at least 4 members (excludes halogenated alkanes) is 4. The Balaban J connectivity index is 1.68. The molecule has 1 aliphatic carbocycles. The fourth-order valence-electron chi connectivity index (χ4n) is 1.90. The fourth-order valence-corrected chi connectivity index (χ4v) is 1.90. The van der Waals surface area contributed by atoms with Crippen LogP contribution in [-0.2, 0) is 0 Å². The summed E-state index contributed by atoms with van der Waals surface area (Å²) in [6.07, 6.45) is 8.03. The maximum atomic E-state index is 5.43. The molecule has 14 heavy (non-hydrogen) atoms. The largest absolute Gasteiger partial charge is 0.330 e. The van der Waals surface area contributed by atoms with Crippen molar-refractivity contribution >= 4 is 0 Å². The molecule has 2 atom stereocenters. The molecule has 0 aromatic carbocycles. The van der Waals surface area contributed by atoms with Crippen LogP contribution in [0.4, 0.5) is 0 Å². The van der Waals surface area contributed by atoms with Crippen LogP contribution in [0.5, 0.6) is 0 Å². The Kier molecular flexibility index (Phi) is 6.20. The van der Waals surface area contributed by atoms with E-state index in [2.05, 4.69) is 12.2 Å². The van der Waals surface area contributed by atoms with E-state index >= 15 is 0 Å². The zero-order chi connectivity index (χ0) is 10.2. The third kappa shape index (κ3) is 5.61. The molecule has 2 unspecified atom stereocenters. The summed E-state index contributed by atoms with van der Waals surface area (Å²) < 4.78 is 0. The van der Waals surface area contributed by atoms with Crippen LogP contribution in [-0.4, -0.2) is 19.6 Å². The lowest BCUT2D eigenvalue weighted by atomic mass is 10.1. The van der Waals surface area contributed by atoms with E-state index in [1.165, 1.54) is 51.6 Å². The molecule has 3 N–H and O–H groups in total. The van der Waals surface area contributed by atoms with Crippen LogP contribution in [0.3, 0.4) is 0 Å². The van der Waals surface area contributed by atoms with Crippen molar-refractivity contribution in [1.82, 2.24) is 5.32 Å². The second-order valence-electron chi connectivity index (χ2n) is 4.73. The van der Waals surface area contributed by atoms with Crippen LogP contribution in [0.1, 0.15) is 45.4 Å². The predicted molar refractivity (Wildman–Crippen MR) is 62.3 cm³/mol. The predicted octanol–water partition coefficient (Wildman–Crippen LogP) is 2.14. The molecule has 2 nitrogen and oxygen atoms in total. The number of hydrogen-bond acceptors (Lipinski definition) is 2. The molecule has 1 fully saturated rings. The summed E-state index contributed by atoms with van der Waals surface area (Å²) in [5.41, 5.74) is 5.43. The lowest BCUT2D eigenvalue weighted by molar-refractivity contribution is 0.555. The highest BCUT2D eigenvalue weighted by atomic mass is 14.9. The number of rotatable bonds is 9. The first-order valence-corrected chi connectivity index (χ1v) is 6.25. The van der Waals surface area contributed by atoms with Gasteiger partial charge in [0.1, 0.15) is 0 Å². The summed E-state index contributed by atoms with van der Waals surface area (Å²) in [6.45, 7) is 5.67. The van der Waals surface area contributed by atoms with Crippen molar-refractivity contribution in [3.63, 3.8) is 0 Å². The first-order valence-electron chi connectivity index (χ1n) is 6.25. The van der Waals surface area contributed by atoms with Crippen molar-refractivity contribution in [2.45, 2.75) is 45.4 Å². The minimum Gasteiger partial charge on any atom is -0.330 e. The van der Waals surface area contributed by atoms with E-state index in [0.717, 1.165) is 18.4 Å². The summed E-state index contributed by atoms with van der Waals surface area (Å²) in [7, 11) is 0. The van der Waals surface area contributed by atoms with Crippen molar-refractivity contribution in [1.29, 1.82) is 0 Å². The molecule has 0 spiro atoms. The fraction of sp³-hybridized carbons (Fsp3) is 1.00. The molecule has 0 saturated heterocycles. The van der Waals surface area contributed by atoms with Gasteiger partial charge in [0.05, 0.1) is 0 Å². The monoisotopic (exact) mass is 198 g/mol. The van der Waals surface area contributed by atoms with Gasteiger partial charge in [-0.25, -0.2) is 0 Å². The maximum absolute atomic E-state index is 5.43. The van der Waals surface area contributed by atoms with Crippen molar-refractivity contribution in [3.8, 4) is 0 Å². The zero-order valence-electron chi connectivity index (χ0n) is 9.60. The normalized spacial score (nSPS) is 25.3. The molecule has 84 valence electrons. The van der Waals surface area contributed by atoms with Crippen LogP contribution >= 0.6 is 0 Å². The molecule has 0 radical (unpaired) electrons. The van der Waals surface area contributed by atoms with Crippen molar-refractivity contribution < 1.29 is 0 Å². The lowest BCUT2D eigenvalue weighted by Crippen LogP contribution is -2.18. The van der Waals surface area contributed by atoms with Crippen LogP contribution in [0.25, 0.3) is 0 Å². The van der Waals surface area contributed by atoms with E-state index in [4.69, 9.17) is 5.73 Å². The summed E-state index contributed by atoms with van der Waals surface area (Å²) in [5.74, 6) is 1.99. The van der Waals surface area contributed by atoms with Crippen molar-refractivity contribution in [3.05, 3.63) is 0 Å². The van der Waals surface area contributed by atoms with Crippen LogP contribution in [0.2, 0.25) is 0 Å². The second kappa shape index (κ2) is 7.24. The molecule has 1 rings (SSSR count). The molecular weight excluding hydrogens is 172 g/mol. The summed E-state index contributed by atoms with van der Waals surface area (Å²) >= 11 is 0. The SMILES string of the molecule is CC1CC1CNCCCCCCCN. The molecule has 2 heteroatoms. The quantitative estimate of drug-likeness (QED) is 0.557. The van der Waals surface area contributed by atoms with Crippen LogP contribution < -0.4 is 11.1 Å².